The Labute approximate surface area is 93.0 Å². The number of nitrogens with one attached hydrogen (secondary N) is 1. The van der Waals surface area contributed by atoms with Crippen molar-refractivity contribution >= 4 is 0 Å². The molecule has 15 heavy (non-hydrogen) atoms. The molecule has 2 heterocycles. The smallest absolute Gasteiger partial charge is 0.0430 e. The molecular formula is C13H22N2. The third-order valence-corrected chi connectivity index (χ3v) is 3.36. The molecule has 2 aliphatic heterocycles. The Bertz CT molecular complexity index is 268. The molecule has 3 rings (SSSR count). The minimum Gasteiger partial charge on any atom is -0.366 e. The van der Waals surface area contributed by atoms with Crippen molar-refractivity contribution in [1.82, 2.24) is 10.2 Å². The van der Waals surface area contributed by atoms with Gasteiger partial charge in [0.2, 0.25) is 0 Å². The first-order chi connectivity index (χ1) is 7.43. The fourth-order valence-corrected chi connectivity index (χ4v) is 2.69. The maximum Gasteiger partial charge on any atom is 0.0430 e. The van der Waals surface area contributed by atoms with E-state index in [0.717, 1.165) is 12.1 Å². The third-order valence-electron chi connectivity index (χ3n) is 3.36. The molecule has 0 aromatic heterocycles. The lowest BCUT2D eigenvalue weighted by Crippen LogP contribution is -2.42. The van der Waals surface area contributed by atoms with Crippen molar-refractivity contribution in [3.05, 3.63) is 23.9 Å². The van der Waals surface area contributed by atoms with Crippen LogP contribution in [0.3, 0.4) is 0 Å². The van der Waals surface area contributed by atoms with E-state index in [1.807, 2.05) is 13.8 Å². The van der Waals surface area contributed by atoms with Gasteiger partial charge in [-0.2, -0.15) is 0 Å². The van der Waals surface area contributed by atoms with Gasteiger partial charge in [-0.3, -0.25) is 0 Å². The lowest BCUT2D eigenvalue weighted by molar-refractivity contribution is 0.291. The van der Waals surface area contributed by atoms with Crippen LogP contribution in [0.15, 0.2) is 23.9 Å². The molecule has 3 aliphatic rings. The molecule has 2 bridgehead atoms. The summed E-state index contributed by atoms with van der Waals surface area (Å²) in [4.78, 5) is 2.58. The summed E-state index contributed by atoms with van der Waals surface area (Å²) in [6.45, 7) is 6.41. The minimum atomic E-state index is 0.765. The van der Waals surface area contributed by atoms with E-state index in [1.54, 1.807) is 0 Å². The second kappa shape index (κ2) is 4.84. The average molecular weight is 206 g/mol. The standard InChI is InChI=1S/C11H16N2.C2H6/c1-2-4-10(5-3-1)13-8-9-6-11(13)7-12-9;1-2/h2,4-5,9,11-12H,1,3,6-8H2;1-2H3. The highest BCUT2D eigenvalue weighted by molar-refractivity contribution is 5.24. The Morgan fingerprint density at radius 2 is 2.20 bits per heavy atom. The fraction of sp³-hybridized carbons (Fsp3) is 0.692. The first-order valence-electron chi connectivity index (χ1n) is 6.30. The van der Waals surface area contributed by atoms with Crippen LogP contribution in [0.1, 0.15) is 33.1 Å². The molecule has 2 nitrogen and oxygen atoms in total. The summed E-state index contributed by atoms with van der Waals surface area (Å²) in [7, 11) is 0. The molecule has 0 amide bonds. The fourth-order valence-electron chi connectivity index (χ4n) is 2.69. The Morgan fingerprint density at radius 3 is 2.73 bits per heavy atom. The zero-order valence-electron chi connectivity index (χ0n) is 9.87. The monoisotopic (exact) mass is 206 g/mol. The number of hydrogen-bond donors (Lipinski definition) is 1. The largest absolute Gasteiger partial charge is 0.366 e. The number of allylic oxidation sites excluding steroid dienone is 3. The van der Waals surface area contributed by atoms with E-state index in [1.165, 1.54) is 38.0 Å². The van der Waals surface area contributed by atoms with Crippen LogP contribution in [-0.2, 0) is 0 Å². The van der Waals surface area contributed by atoms with Crippen LogP contribution in [-0.4, -0.2) is 30.1 Å². The van der Waals surface area contributed by atoms with E-state index in [2.05, 4.69) is 28.4 Å². The van der Waals surface area contributed by atoms with Crippen molar-refractivity contribution in [2.75, 3.05) is 13.1 Å². The molecule has 0 aromatic carbocycles. The molecule has 2 atom stereocenters. The average Bonchev–Trinajstić information content (AvgIpc) is 2.95. The predicted octanol–water partition coefficient (Wildman–Crippen LogP) is 2.29. The van der Waals surface area contributed by atoms with Gasteiger partial charge < -0.3 is 10.2 Å². The van der Waals surface area contributed by atoms with E-state index in [-0.39, 0.29) is 0 Å². The molecule has 0 aromatic rings. The topological polar surface area (TPSA) is 15.3 Å². The van der Waals surface area contributed by atoms with Crippen LogP contribution < -0.4 is 5.32 Å². The summed E-state index contributed by atoms with van der Waals surface area (Å²) < 4.78 is 0. The van der Waals surface area contributed by atoms with Gasteiger partial charge in [0.15, 0.2) is 0 Å². The molecule has 2 heteroatoms. The number of likely N-dealkylation sites (tertiary alicyclic amines) is 1. The Balaban J connectivity index is 0.000000404. The van der Waals surface area contributed by atoms with Gasteiger partial charge in [0.05, 0.1) is 0 Å². The van der Waals surface area contributed by atoms with E-state index in [0.29, 0.717) is 0 Å². The number of hydrogen-bond acceptors (Lipinski definition) is 2. The second-order valence-electron chi connectivity index (χ2n) is 4.26. The zero-order chi connectivity index (χ0) is 10.7. The van der Waals surface area contributed by atoms with Gasteiger partial charge in [-0.15, -0.1) is 0 Å². The number of piperazine rings is 1. The summed E-state index contributed by atoms with van der Waals surface area (Å²) in [5.41, 5.74) is 1.47. The molecule has 2 unspecified atom stereocenters. The van der Waals surface area contributed by atoms with Gasteiger partial charge in [0.25, 0.3) is 0 Å². The van der Waals surface area contributed by atoms with E-state index in [4.69, 9.17) is 0 Å². The Morgan fingerprint density at radius 1 is 1.33 bits per heavy atom. The lowest BCUT2D eigenvalue weighted by Gasteiger charge is -2.31. The summed E-state index contributed by atoms with van der Waals surface area (Å²) >= 11 is 0. The highest BCUT2D eigenvalue weighted by atomic mass is 15.3. The normalized spacial score (nSPS) is 32.4. The molecule has 1 N–H and O–H groups in total. The Kier molecular flexibility index (Phi) is 3.47. The van der Waals surface area contributed by atoms with Gasteiger partial charge >= 0.3 is 0 Å². The quantitative estimate of drug-likeness (QED) is 0.708. The molecule has 0 saturated carbocycles. The van der Waals surface area contributed by atoms with Gasteiger partial charge in [-0.05, 0) is 25.3 Å². The highest BCUT2D eigenvalue weighted by Crippen LogP contribution is 2.28. The van der Waals surface area contributed by atoms with E-state index >= 15 is 0 Å². The third kappa shape index (κ3) is 2.10. The van der Waals surface area contributed by atoms with Gasteiger partial charge in [0, 0.05) is 30.9 Å². The van der Waals surface area contributed by atoms with Gasteiger partial charge in [-0.25, -0.2) is 0 Å². The van der Waals surface area contributed by atoms with Crippen molar-refractivity contribution in [2.45, 2.75) is 45.2 Å². The molecular weight excluding hydrogens is 184 g/mol. The molecule has 2 saturated heterocycles. The van der Waals surface area contributed by atoms with Gasteiger partial charge in [0.1, 0.15) is 0 Å². The van der Waals surface area contributed by atoms with Crippen molar-refractivity contribution in [3.8, 4) is 0 Å². The van der Waals surface area contributed by atoms with Gasteiger partial charge in [-0.1, -0.05) is 26.0 Å². The number of nitrogens with zero attached hydrogens (tertiary/aromatic N) is 1. The van der Waals surface area contributed by atoms with Crippen LogP contribution in [0, 0.1) is 0 Å². The second-order valence-corrected chi connectivity index (χ2v) is 4.26. The highest BCUT2D eigenvalue weighted by Gasteiger charge is 2.37. The van der Waals surface area contributed by atoms with Crippen molar-refractivity contribution in [3.63, 3.8) is 0 Å². The zero-order valence-corrected chi connectivity index (χ0v) is 9.87. The molecule has 1 aliphatic carbocycles. The lowest BCUT2D eigenvalue weighted by atomic mass is 10.1. The maximum atomic E-state index is 3.53. The summed E-state index contributed by atoms with van der Waals surface area (Å²) in [6, 6.07) is 1.54. The van der Waals surface area contributed by atoms with Crippen LogP contribution >= 0.6 is 0 Å². The van der Waals surface area contributed by atoms with Crippen LogP contribution in [0.4, 0.5) is 0 Å². The van der Waals surface area contributed by atoms with Crippen molar-refractivity contribution in [2.24, 2.45) is 0 Å². The predicted molar refractivity (Wildman–Crippen MR) is 64.7 cm³/mol. The first-order valence-corrected chi connectivity index (χ1v) is 6.30. The SMILES string of the molecule is C1=CC(N2CC3CC2CN3)=CCC1.CC. The van der Waals surface area contributed by atoms with Crippen molar-refractivity contribution < 1.29 is 0 Å². The van der Waals surface area contributed by atoms with Crippen LogP contribution in [0.25, 0.3) is 0 Å². The Hall–Kier alpha value is -0.760. The summed E-state index contributed by atoms with van der Waals surface area (Å²) in [6.07, 6.45) is 10.8. The minimum absolute atomic E-state index is 0.765. The number of rotatable bonds is 1. The molecule has 0 radical (unpaired) electrons. The van der Waals surface area contributed by atoms with E-state index < -0.39 is 0 Å². The summed E-state index contributed by atoms with van der Waals surface area (Å²) in [5, 5.41) is 3.53. The van der Waals surface area contributed by atoms with Crippen molar-refractivity contribution in [1.29, 1.82) is 0 Å². The maximum absolute atomic E-state index is 3.53. The number of fused-ring (bicyclic) bond motifs is 2. The first kappa shape index (κ1) is 10.7. The van der Waals surface area contributed by atoms with E-state index in [9.17, 15) is 0 Å². The molecule has 2 fully saturated rings. The molecule has 84 valence electrons. The van der Waals surface area contributed by atoms with Crippen LogP contribution in [0.2, 0.25) is 0 Å². The summed E-state index contributed by atoms with van der Waals surface area (Å²) in [5.74, 6) is 0. The van der Waals surface area contributed by atoms with Crippen LogP contribution in [0.5, 0.6) is 0 Å². The molecule has 0 spiro atoms.